The van der Waals surface area contributed by atoms with Crippen LogP contribution in [-0.4, -0.2) is 31.1 Å². The van der Waals surface area contributed by atoms with Gasteiger partial charge in [-0.3, -0.25) is 9.29 Å². The Hall–Kier alpha value is -3.83. The van der Waals surface area contributed by atoms with Gasteiger partial charge in [-0.1, -0.05) is 36.4 Å². The second kappa shape index (κ2) is 9.91. The smallest absolute Gasteiger partial charge is 0.408 e. The fourth-order valence-electron chi connectivity index (χ4n) is 4.61. The van der Waals surface area contributed by atoms with Gasteiger partial charge in [-0.2, -0.15) is 4.39 Å². The van der Waals surface area contributed by atoms with E-state index in [0.717, 1.165) is 60.8 Å². The van der Waals surface area contributed by atoms with Gasteiger partial charge in [0.05, 0.1) is 11.6 Å². The number of pyridine rings is 1. The molecule has 3 heterocycles. The molecule has 0 aliphatic carbocycles. The molecule has 0 radical (unpaired) electrons. The van der Waals surface area contributed by atoms with Gasteiger partial charge in [0, 0.05) is 18.7 Å². The molecular weight excluding hydrogens is 502 g/mol. The second-order valence-corrected chi connectivity index (χ2v) is 10.4. The molecule has 2 aromatic carbocycles. The minimum atomic E-state index is -4.49. The van der Waals surface area contributed by atoms with Gasteiger partial charge in [0.2, 0.25) is 5.95 Å². The van der Waals surface area contributed by atoms with Crippen LogP contribution in [0.5, 0.6) is 0 Å². The molecule has 0 unspecified atom stereocenters. The maximum Gasteiger partial charge on any atom is 0.420 e. The van der Waals surface area contributed by atoms with E-state index in [-0.39, 0.29) is 16.9 Å². The third kappa shape index (κ3) is 4.92. The molecule has 0 spiro atoms. The highest BCUT2D eigenvalue weighted by Crippen LogP contribution is 2.32. The predicted octanol–water partition coefficient (Wildman–Crippen LogP) is 4.44. The zero-order chi connectivity index (χ0) is 26.2. The van der Waals surface area contributed by atoms with E-state index < -0.39 is 38.5 Å². The van der Waals surface area contributed by atoms with Gasteiger partial charge >= 0.3 is 5.76 Å². The highest BCUT2D eigenvalue weighted by Gasteiger charge is 2.26. The molecule has 192 valence electrons. The Balaban J connectivity index is 1.56. The van der Waals surface area contributed by atoms with Crippen molar-refractivity contribution in [3.8, 4) is 0 Å². The largest absolute Gasteiger partial charge is 0.420 e. The first kappa shape index (κ1) is 24.8. The van der Waals surface area contributed by atoms with E-state index in [9.17, 15) is 17.6 Å². The number of allylic oxidation sites excluding steroid dienone is 1. The summed E-state index contributed by atoms with van der Waals surface area (Å²) in [5.41, 5.74) is 3.03. The number of anilines is 1. The SMILES string of the molecule is C[C@H](c1ccccc1C1=CCNCCC1)n1c(=O)oc2cc(S(=O)(=O)Nc3cccc(F)n3)c(F)cc21. The lowest BCUT2D eigenvalue weighted by Crippen LogP contribution is -2.20. The normalized spacial score (nSPS) is 15.3. The molecule has 2 aromatic heterocycles. The molecule has 0 saturated heterocycles. The second-order valence-electron chi connectivity index (χ2n) is 8.74. The van der Waals surface area contributed by atoms with E-state index >= 15 is 4.39 Å². The lowest BCUT2D eigenvalue weighted by atomic mass is 9.92. The van der Waals surface area contributed by atoms with E-state index in [0.29, 0.717) is 0 Å². The third-order valence-electron chi connectivity index (χ3n) is 6.35. The Bertz CT molecular complexity index is 1680. The average molecular weight is 527 g/mol. The van der Waals surface area contributed by atoms with Crippen molar-refractivity contribution in [3.63, 3.8) is 0 Å². The number of aromatic nitrogens is 2. The predicted molar refractivity (Wildman–Crippen MR) is 136 cm³/mol. The maximum atomic E-state index is 15.2. The molecule has 1 aliphatic heterocycles. The minimum absolute atomic E-state index is 0.0961. The zero-order valence-electron chi connectivity index (χ0n) is 19.9. The summed E-state index contributed by atoms with van der Waals surface area (Å²) in [6.07, 6.45) is 3.98. The number of halogens is 2. The molecule has 0 amide bonds. The highest BCUT2D eigenvalue weighted by molar-refractivity contribution is 7.92. The van der Waals surface area contributed by atoms with Gasteiger partial charge in [-0.25, -0.2) is 22.6 Å². The van der Waals surface area contributed by atoms with E-state index in [1.165, 1.54) is 16.7 Å². The maximum absolute atomic E-state index is 15.2. The van der Waals surface area contributed by atoms with Crippen LogP contribution in [0.3, 0.4) is 0 Å². The molecule has 2 N–H and O–H groups in total. The molecule has 1 atom stereocenters. The lowest BCUT2D eigenvalue weighted by molar-refractivity contribution is 0.489. The fourth-order valence-corrected chi connectivity index (χ4v) is 5.68. The van der Waals surface area contributed by atoms with Crippen LogP contribution in [0.1, 0.15) is 36.9 Å². The molecule has 37 heavy (non-hydrogen) atoms. The summed E-state index contributed by atoms with van der Waals surface area (Å²) < 4.78 is 62.9. The molecule has 0 saturated carbocycles. The number of nitrogens with one attached hydrogen (secondary N) is 2. The summed E-state index contributed by atoms with van der Waals surface area (Å²) in [5, 5.41) is 3.33. The monoisotopic (exact) mass is 526 g/mol. The Morgan fingerprint density at radius 3 is 2.76 bits per heavy atom. The van der Waals surface area contributed by atoms with E-state index in [1.54, 1.807) is 0 Å². The number of hydrogen-bond donors (Lipinski definition) is 2. The van der Waals surface area contributed by atoms with Gasteiger partial charge in [0.15, 0.2) is 5.58 Å². The summed E-state index contributed by atoms with van der Waals surface area (Å²) >= 11 is 0. The first-order valence-electron chi connectivity index (χ1n) is 11.7. The van der Waals surface area contributed by atoms with Crippen molar-refractivity contribution in [1.82, 2.24) is 14.9 Å². The number of benzene rings is 2. The lowest BCUT2D eigenvalue weighted by Gasteiger charge is -2.19. The topological polar surface area (TPSA) is 106 Å². The molecular formula is C26H24F2N4O4S. The third-order valence-corrected chi connectivity index (χ3v) is 7.72. The number of rotatable bonds is 6. The number of nitrogens with zero attached hydrogens (tertiary/aromatic N) is 2. The first-order valence-corrected chi connectivity index (χ1v) is 13.2. The highest BCUT2D eigenvalue weighted by atomic mass is 32.2. The summed E-state index contributed by atoms with van der Waals surface area (Å²) in [5.74, 6) is -3.05. The van der Waals surface area contributed by atoms with Crippen molar-refractivity contribution in [2.45, 2.75) is 30.7 Å². The van der Waals surface area contributed by atoms with Gasteiger partial charge in [0.1, 0.15) is 16.5 Å². The van der Waals surface area contributed by atoms with Crippen LogP contribution in [0, 0.1) is 11.8 Å². The average Bonchev–Trinajstić information content (AvgIpc) is 3.01. The van der Waals surface area contributed by atoms with Crippen molar-refractivity contribution in [2.24, 2.45) is 0 Å². The first-order chi connectivity index (χ1) is 17.7. The number of oxazole rings is 1. The van der Waals surface area contributed by atoms with Crippen molar-refractivity contribution in [3.05, 3.63) is 94.1 Å². The van der Waals surface area contributed by atoms with Crippen LogP contribution in [0.25, 0.3) is 16.7 Å². The van der Waals surface area contributed by atoms with E-state index in [4.69, 9.17) is 4.42 Å². The van der Waals surface area contributed by atoms with Gasteiger partial charge < -0.3 is 9.73 Å². The van der Waals surface area contributed by atoms with Crippen molar-refractivity contribution in [1.29, 1.82) is 0 Å². The molecule has 0 bridgehead atoms. The van der Waals surface area contributed by atoms with Gasteiger partial charge in [-0.05, 0) is 55.1 Å². The van der Waals surface area contributed by atoms with Crippen LogP contribution in [0.4, 0.5) is 14.6 Å². The van der Waals surface area contributed by atoms with E-state index in [2.05, 4.69) is 16.4 Å². The summed E-state index contributed by atoms with van der Waals surface area (Å²) in [6, 6.07) is 12.6. The molecule has 5 rings (SSSR count). The standard InChI is InChI=1S/C26H24F2N4O4S/c1-16(18-7-2-3-8-19(18)17-6-5-12-29-13-11-17)32-21-14-20(27)23(15-22(21)36-26(32)33)37(34,35)31-25-10-4-9-24(28)30-25/h2-4,7-11,14-16,29H,5-6,12-13H2,1H3,(H,30,31)/t16-/m1/s1. The molecule has 0 fully saturated rings. The molecule has 1 aliphatic rings. The van der Waals surface area contributed by atoms with Crippen LogP contribution in [-0.2, 0) is 10.0 Å². The van der Waals surface area contributed by atoms with Gasteiger partial charge in [0.25, 0.3) is 10.0 Å². The Morgan fingerprint density at radius 1 is 1.14 bits per heavy atom. The van der Waals surface area contributed by atoms with Crippen molar-refractivity contribution >= 4 is 32.5 Å². The summed E-state index contributed by atoms with van der Waals surface area (Å²) in [7, 11) is -4.49. The van der Waals surface area contributed by atoms with Crippen LogP contribution in [0.2, 0.25) is 0 Å². The number of hydrogen-bond acceptors (Lipinski definition) is 6. The summed E-state index contributed by atoms with van der Waals surface area (Å²) in [4.78, 5) is 15.6. The minimum Gasteiger partial charge on any atom is -0.408 e. The Morgan fingerprint density at radius 2 is 1.95 bits per heavy atom. The molecule has 8 nitrogen and oxygen atoms in total. The van der Waals surface area contributed by atoms with Crippen LogP contribution < -0.4 is 15.8 Å². The van der Waals surface area contributed by atoms with Crippen LogP contribution in [0.15, 0.2) is 74.8 Å². The van der Waals surface area contributed by atoms with E-state index in [1.807, 2.05) is 35.9 Å². The molecule has 11 heteroatoms. The molecule has 4 aromatic rings. The van der Waals surface area contributed by atoms with Crippen LogP contribution >= 0.6 is 0 Å². The van der Waals surface area contributed by atoms with Gasteiger partial charge in [-0.15, -0.1) is 0 Å². The number of sulfonamides is 1. The van der Waals surface area contributed by atoms with Crippen molar-refractivity contribution in [2.75, 3.05) is 17.8 Å². The Labute approximate surface area is 211 Å². The zero-order valence-corrected chi connectivity index (χ0v) is 20.7. The quantitative estimate of drug-likeness (QED) is 0.360. The van der Waals surface area contributed by atoms with Crippen molar-refractivity contribution < 1.29 is 21.6 Å². The summed E-state index contributed by atoms with van der Waals surface area (Å²) in [6.45, 7) is 3.47. The Kier molecular flexibility index (Phi) is 6.65. The fraction of sp³-hybridized carbons (Fsp3) is 0.231. The number of fused-ring (bicyclic) bond motifs is 1.